The molecule has 2 N–H and O–H groups in total. The van der Waals surface area contributed by atoms with Crippen LogP contribution in [0.1, 0.15) is 63.8 Å². The first kappa shape index (κ1) is 24.3. The number of aromatic hydroxyl groups is 1. The molecule has 4 nitrogen and oxygen atoms in total. The average molecular weight is 447 g/mol. The molecular formula is C24H31ClN2O2S. The van der Waals surface area contributed by atoms with Crippen LogP contribution < -0.4 is 5.43 Å². The van der Waals surface area contributed by atoms with Gasteiger partial charge in [-0.3, -0.25) is 4.79 Å². The fourth-order valence-electron chi connectivity index (χ4n) is 3.15. The van der Waals surface area contributed by atoms with Gasteiger partial charge in [0.2, 0.25) is 5.91 Å². The number of nitrogens with one attached hydrogen (secondary N) is 1. The van der Waals surface area contributed by atoms with Gasteiger partial charge in [0.15, 0.2) is 0 Å². The minimum atomic E-state index is -0.224. The molecule has 162 valence electrons. The Morgan fingerprint density at radius 3 is 2.17 bits per heavy atom. The van der Waals surface area contributed by atoms with E-state index in [0.29, 0.717) is 10.8 Å². The molecule has 1 amide bonds. The predicted molar refractivity (Wildman–Crippen MR) is 128 cm³/mol. The summed E-state index contributed by atoms with van der Waals surface area (Å²) in [6.07, 6.45) is 3.78. The second kappa shape index (κ2) is 9.44. The first-order chi connectivity index (χ1) is 13.8. The van der Waals surface area contributed by atoms with Crippen molar-refractivity contribution in [2.75, 3.05) is 6.26 Å². The second-order valence-corrected chi connectivity index (χ2v) is 10.7. The molecule has 0 spiro atoms. The maximum Gasteiger partial charge on any atom is 0.244 e. The van der Waals surface area contributed by atoms with E-state index in [1.54, 1.807) is 18.0 Å². The van der Waals surface area contributed by atoms with E-state index in [-0.39, 0.29) is 23.2 Å². The third-order valence-corrected chi connectivity index (χ3v) is 5.82. The van der Waals surface area contributed by atoms with Crippen molar-refractivity contribution in [3.63, 3.8) is 0 Å². The lowest BCUT2D eigenvalue weighted by molar-refractivity contribution is -0.120. The molecule has 0 saturated heterocycles. The van der Waals surface area contributed by atoms with Crippen LogP contribution >= 0.6 is 23.4 Å². The number of phenolic OH excluding ortho intramolecular Hbond substituents is 1. The van der Waals surface area contributed by atoms with E-state index in [4.69, 9.17) is 11.6 Å². The monoisotopic (exact) mass is 446 g/mol. The number of carbonyl (C=O) groups excluding carboxylic acids is 1. The largest absolute Gasteiger partial charge is 0.507 e. The van der Waals surface area contributed by atoms with Gasteiger partial charge in [0.1, 0.15) is 5.75 Å². The Balaban J connectivity index is 2.24. The minimum Gasteiger partial charge on any atom is -0.507 e. The zero-order valence-electron chi connectivity index (χ0n) is 18.8. The van der Waals surface area contributed by atoms with Crippen LogP contribution in [0.15, 0.2) is 40.3 Å². The SMILES string of the molecule is CSc1ccc(Cl)cc1CC(=O)N/N=C\c1cc(C(C)(C)C)c(O)c(C(C)(C)C)c1. The van der Waals surface area contributed by atoms with Gasteiger partial charge in [-0.2, -0.15) is 5.10 Å². The minimum absolute atomic E-state index is 0.199. The molecule has 0 heterocycles. The Morgan fingerprint density at radius 1 is 1.10 bits per heavy atom. The summed E-state index contributed by atoms with van der Waals surface area (Å²) in [6, 6.07) is 9.38. The quantitative estimate of drug-likeness (QED) is 0.333. The standard InChI is InChI=1S/C24H31ClN2O2S/c1-23(2,3)18-10-15(11-19(22(18)29)24(4,5)6)14-26-27-21(28)13-16-12-17(25)8-9-20(16)30-7/h8-12,14,29H,13H2,1-7H3,(H,27,28)/b26-14-. The normalized spacial score (nSPS) is 12.4. The van der Waals surface area contributed by atoms with E-state index in [1.165, 1.54) is 0 Å². The number of hydrazone groups is 1. The Hall–Kier alpha value is -1.98. The van der Waals surface area contributed by atoms with Gasteiger partial charge in [-0.05, 0) is 58.5 Å². The highest BCUT2D eigenvalue weighted by Crippen LogP contribution is 2.39. The van der Waals surface area contributed by atoms with Gasteiger partial charge >= 0.3 is 0 Å². The number of halogens is 1. The number of nitrogens with zero attached hydrogens (tertiary/aromatic N) is 1. The van der Waals surface area contributed by atoms with Crippen LogP contribution in [0.5, 0.6) is 5.75 Å². The van der Waals surface area contributed by atoms with Crippen LogP contribution in [0.2, 0.25) is 5.02 Å². The molecule has 2 aromatic carbocycles. The van der Waals surface area contributed by atoms with Crippen molar-refractivity contribution in [3.8, 4) is 5.75 Å². The molecule has 0 aliphatic heterocycles. The third kappa shape index (κ3) is 6.26. The molecule has 2 aromatic rings. The molecule has 0 bridgehead atoms. The number of hydrogen-bond donors (Lipinski definition) is 2. The Bertz CT molecular complexity index is 922. The van der Waals surface area contributed by atoms with Crippen LogP contribution in [0.25, 0.3) is 0 Å². The Labute approximate surface area is 189 Å². The number of benzene rings is 2. The van der Waals surface area contributed by atoms with Gasteiger partial charge in [-0.1, -0.05) is 53.1 Å². The molecule has 0 saturated carbocycles. The Morgan fingerprint density at radius 2 is 1.67 bits per heavy atom. The van der Waals surface area contributed by atoms with Gasteiger partial charge in [-0.15, -0.1) is 11.8 Å². The highest BCUT2D eigenvalue weighted by molar-refractivity contribution is 7.98. The van der Waals surface area contributed by atoms with E-state index < -0.39 is 0 Å². The topological polar surface area (TPSA) is 61.7 Å². The highest BCUT2D eigenvalue weighted by Gasteiger charge is 2.26. The summed E-state index contributed by atoms with van der Waals surface area (Å²) in [6.45, 7) is 12.4. The number of carbonyl (C=O) groups is 1. The number of hydrogen-bond acceptors (Lipinski definition) is 4. The first-order valence-electron chi connectivity index (χ1n) is 9.85. The van der Waals surface area contributed by atoms with Crippen molar-refractivity contribution in [2.24, 2.45) is 5.10 Å². The first-order valence-corrected chi connectivity index (χ1v) is 11.5. The highest BCUT2D eigenvalue weighted by atomic mass is 35.5. The van der Waals surface area contributed by atoms with Crippen molar-refractivity contribution in [2.45, 2.75) is 63.7 Å². The van der Waals surface area contributed by atoms with Crippen LogP contribution in [0.4, 0.5) is 0 Å². The molecule has 0 unspecified atom stereocenters. The van der Waals surface area contributed by atoms with Crippen molar-refractivity contribution in [3.05, 3.63) is 57.6 Å². The maximum absolute atomic E-state index is 12.4. The van der Waals surface area contributed by atoms with Gasteiger partial charge < -0.3 is 5.11 Å². The molecule has 0 aliphatic rings. The zero-order chi connectivity index (χ0) is 22.7. The lowest BCUT2D eigenvalue weighted by Gasteiger charge is -2.27. The lowest BCUT2D eigenvalue weighted by atomic mass is 9.78. The summed E-state index contributed by atoms with van der Waals surface area (Å²) in [5, 5.41) is 15.6. The summed E-state index contributed by atoms with van der Waals surface area (Å²) in [7, 11) is 0. The summed E-state index contributed by atoms with van der Waals surface area (Å²) in [4.78, 5) is 13.4. The molecule has 0 fully saturated rings. The number of thioether (sulfide) groups is 1. The molecule has 2 rings (SSSR count). The van der Waals surface area contributed by atoms with E-state index in [9.17, 15) is 9.90 Å². The second-order valence-electron chi connectivity index (χ2n) is 9.39. The number of amides is 1. The van der Waals surface area contributed by atoms with E-state index in [0.717, 1.165) is 27.1 Å². The molecular weight excluding hydrogens is 416 g/mol. The van der Waals surface area contributed by atoms with E-state index in [2.05, 4.69) is 52.1 Å². The number of phenols is 1. The maximum atomic E-state index is 12.4. The molecule has 0 radical (unpaired) electrons. The van der Waals surface area contributed by atoms with E-state index >= 15 is 0 Å². The summed E-state index contributed by atoms with van der Waals surface area (Å²) in [5.41, 5.74) is 5.56. The summed E-state index contributed by atoms with van der Waals surface area (Å²) < 4.78 is 0. The fourth-order valence-corrected chi connectivity index (χ4v) is 3.94. The van der Waals surface area contributed by atoms with Crippen molar-refractivity contribution in [1.29, 1.82) is 0 Å². The van der Waals surface area contributed by atoms with Crippen LogP contribution in [-0.2, 0) is 22.0 Å². The molecule has 0 aliphatic carbocycles. The average Bonchev–Trinajstić information content (AvgIpc) is 2.61. The summed E-state index contributed by atoms with van der Waals surface area (Å²) in [5.74, 6) is 0.108. The lowest BCUT2D eigenvalue weighted by Crippen LogP contribution is -2.20. The zero-order valence-corrected chi connectivity index (χ0v) is 20.3. The summed E-state index contributed by atoms with van der Waals surface area (Å²) >= 11 is 7.64. The Kier molecular flexibility index (Phi) is 7.64. The van der Waals surface area contributed by atoms with Crippen molar-refractivity contribution < 1.29 is 9.90 Å². The van der Waals surface area contributed by atoms with Gasteiger partial charge in [0.25, 0.3) is 0 Å². The van der Waals surface area contributed by atoms with Crippen LogP contribution in [0.3, 0.4) is 0 Å². The fraction of sp³-hybridized carbons (Fsp3) is 0.417. The molecule has 0 atom stereocenters. The molecule has 6 heteroatoms. The van der Waals surface area contributed by atoms with Crippen molar-refractivity contribution in [1.82, 2.24) is 5.43 Å². The van der Waals surface area contributed by atoms with Gasteiger partial charge in [0.05, 0.1) is 12.6 Å². The molecule has 0 aromatic heterocycles. The molecule has 30 heavy (non-hydrogen) atoms. The van der Waals surface area contributed by atoms with Crippen LogP contribution in [-0.4, -0.2) is 23.5 Å². The number of rotatable bonds is 5. The van der Waals surface area contributed by atoms with E-state index in [1.807, 2.05) is 36.6 Å². The van der Waals surface area contributed by atoms with Crippen molar-refractivity contribution >= 4 is 35.5 Å². The van der Waals surface area contributed by atoms with Gasteiger partial charge in [-0.25, -0.2) is 5.43 Å². The smallest absolute Gasteiger partial charge is 0.244 e. The van der Waals surface area contributed by atoms with Crippen LogP contribution in [0, 0.1) is 0 Å². The predicted octanol–water partition coefficient (Wildman–Crippen LogP) is 6.06. The van der Waals surface area contributed by atoms with Gasteiger partial charge in [0, 0.05) is 21.0 Å². The third-order valence-electron chi connectivity index (χ3n) is 4.74.